The van der Waals surface area contributed by atoms with Crippen LogP contribution in [0.15, 0.2) is 18.5 Å². The summed E-state index contributed by atoms with van der Waals surface area (Å²) in [7, 11) is -3.05. The van der Waals surface area contributed by atoms with Crippen molar-refractivity contribution >= 4 is 10.0 Å². The molecule has 1 aliphatic heterocycles. The Morgan fingerprint density at radius 3 is 2.95 bits per heavy atom. The van der Waals surface area contributed by atoms with E-state index in [4.69, 9.17) is 0 Å². The molecule has 1 saturated heterocycles. The number of hydrogen-bond donors (Lipinski definition) is 1. The first-order valence-electron chi connectivity index (χ1n) is 7.79. The zero-order chi connectivity index (χ0) is 15.3. The maximum absolute atomic E-state index is 11.6. The van der Waals surface area contributed by atoms with Crippen LogP contribution in [0.4, 0.5) is 0 Å². The number of hydrogen-bond acceptors (Lipinski definition) is 3. The summed E-state index contributed by atoms with van der Waals surface area (Å²) in [5, 5.41) is 3.39. The molecule has 0 bridgehead atoms. The van der Waals surface area contributed by atoms with E-state index in [-0.39, 0.29) is 0 Å². The SMILES string of the molecule is CCCNCc1ccn(CC2CCCN(S(C)(=O)=O)C2)c1. The van der Waals surface area contributed by atoms with Gasteiger partial charge in [-0.25, -0.2) is 12.7 Å². The second-order valence-corrected chi connectivity index (χ2v) is 8.01. The predicted molar refractivity (Wildman–Crippen MR) is 85.6 cm³/mol. The van der Waals surface area contributed by atoms with Crippen LogP contribution in [-0.4, -0.2) is 43.2 Å². The number of aromatic nitrogens is 1. The van der Waals surface area contributed by atoms with Crippen LogP contribution in [0.3, 0.4) is 0 Å². The van der Waals surface area contributed by atoms with E-state index >= 15 is 0 Å². The normalized spacial score (nSPS) is 20.8. The van der Waals surface area contributed by atoms with Gasteiger partial charge in [0.1, 0.15) is 0 Å². The van der Waals surface area contributed by atoms with Gasteiger partial charge >= 0.3 is 0 Å². The fourth-order valence-corrected chi connectivity index (χ4v) is 3.84. The molecular weight excluding hydrogens is 286 g/mol. The third-order valence-electron chi connectivity index (χ3n) is 3.99. The molecule has 0 saturated carbocycles. The van der Waals surface area contributed by atoms with E-state index in [1.165, 1.54) is 11.8 Å². The van der Waals surface area contributed by atoms with Crippen molar-refractivity contribution in [1.82, 2.24) is 14.2 Å². The Kier molecular flexibility index (Phi) is 5.84. The van der Waals surface area contributed by atoms with Crippen LogP contribution in [0, 0.1) is 5.92 Å². The molecule has 1 atom stereocenters. The first-order chi connectivity index (χ1) is 9.99. The average Bonchev–Trinajstić information content (AvgIpc) is 2.86. The summed E-state index contributed by atoms with van der Waals surface area (Å²) in [5.41, 5.74) is 1.29. The fourth-order valence-electron chi connectivity index (χ4n) is 2.89. The van der Waals surface area contributed by atoms with Gasteiger partial charge in [0.2, 0.25) is 10.0 Å². The van der Waals surface area contributed by atoms with Gasteiger partial charge in [-0.1, -0.05) is 6.92 Å². The summed E-state index contributed by atoms with van der Waals surface area (Å²) in [6.07, 6.45) is 8.79. The molecule has 2 heterocycles. The van der Waals surface area contributed by atoms with Crippen LogP contribution in [0.2, 0.25) is 0 Å². The van der Waals surface area contributed by atoms with Crippen LogP contribution >= 0.6 is 0 Å². The van der Waals surface area contributed by atoms with Crippen molar-refractivity contribution in [3.05, 3.63) is 24.0 Å². The van der Waals surface area contributed by atoms with Crippen molar-refractivity contribution in [3.8, 4) is 0 Å². The van der Waals surface area contributed by atoms with Gasteiger partial charge in [-0.2, -0.15) is 0 Å². The number of nitrogens with zero attached hydrogens (tertiary/aromatic N) is 2. The first-order valence-corrected chi connectivity index (χ1v) is 9.64. The van der Waals surface area contributed by atoms with E-state index in [0.717, 1.165) is 38.9 Å². The Morgan fingerprint density at radius 1 is 1.43 bits per heavy atom. The molecule has 0 amide bonds. The summed E-state index contributed by atoms with van der Waals surface area (Å²) in [4.78, 5) is 0. The highest BCUT2D eigenvalue weighted by atomic mass is 32.2. The molecule has 120 valence electrons. The molecule has 0 aliphatic carbocycles. The summed E-state index contributed by atoms with van der Waals surface area (Å²) in [6, 6.07) is 2.14. The molecule has 1 fully saturated rings. The lowest BCUT2D eigenvalue weighted by atomic mass is 10.00. The van der Waals surface area contributed by atoms with Gasteiger partial charge in [0.05, 0.1) is 6.26 Å². The highest BCUT2D eigenvalue weighted by molar-refractivity contribution is 7.88. The Hall–Kier alpha value is -0.850. The number of piperidine rings is 1. The number of nitrogens with one attached hydrogen (secondary N) is 1. The Morgan fingerprint density at radius 2 is 2.24 bits per heavy atom. The minimum atomic E-state index is -3.05. The molecule has 0 aromatic carbocycles. The molecule has 6 heteroatoms. The fraction of sp³-hybridized carbons (Fsp3) is 0.733. The summed E-state index contributed by atoms with van der Waals surface area (Å²) >= 11 is 0. The Balaban J connectivity index is 1.86. The monoisotopic (exact) mass is 313 g/mol. The minimum absolute atomic E-state index is 0.414. The average molecular weight is 313 g/mol. The summed E-state index contributed by atoms with van der Waals surface area (Å²) in [6.45, 7) is 6.33. The largest absolute Gasteiger partial charge is 0.354 e. The molecule has 1 N–H and O–H groups in total. The predicted octanol–water partition coefficient (Wildman–Crippen LogP) is 1.66. The molecule has 2 rings (SSSR count). The quantitative estimate of drug-likeness (QED) is 0.779. The Labute approximate surface area is 128 Å². The molecule has 1 aromatic heterocycles. The number of rotatable bonds is 7. The van der Waals surface area contributed by atoms with Crippen LogP contribution in [-0.2, 0) is 23.1 Å². The third kappa shape index (κ3) is 5.13. The molecule has 21 heavy (non-hydrogen) atoms. The molecule has 1 unspecified atom stereocenters. The Bertz CT molecular complexity index is 539. The van der Waals surface area contributed by atoms with Crippen molar-refractivity contribution in [3.63, 3.8) is 0 Å². The smallest absolute Gasteiger partial charge is 0.211 e. The van der Waals surface area contributed by atoms with Gasteiger partial charge < -0.3 is 9.88 Å². The second kappa shape index (κ2) is 7.42. The molecule has 0 spiro atoms. The summed E-state index contributed by atoms with van der Waals surface area (Å²) in [5.74, 6) is 0.414. The lowest BCUT2D eigenvalue weighted by molar-refractivity contribution is 0.246. The highest BCUT2D eigenvalue weighted by Gasteiger charge is 2.25. The van der Waals surface area contributed by atoms with Crippen LogP contribution in [0.5, 0.6) is 0 Å². The second-order valence-electron chi connectivity index (χ2n) is 6.02. The molecule has 1 aliphatic rings. The van der Waals surface area contributed by atoms with Crippen molar-refractivity contribution < 1.29 is 8.42 Å². The standard InChI is InChI=1S/C15H27N3O2S/c1-3-7-16-10-14-6-9-17(11-14)12-15-5-4-8-18(13-15)21(2,19)20/h6,9,11,15-16H,3-5,7-8,10,12-13H2,1-2H3. The van der Waals surface area contributed by atoms with Crippen LogP contribution in [0.25, 0.3) is 0 Å². The topological polar surface area (TPSA) is 54.3 Å². The van der Waals surface area contributed by atoms with Crippen molar-refractivity contribution in [2.24, 2.45) is 5.92 Å². The van der Waals surface area contributed by atoms with E-state index < -0.39 is 10.0 Å². The van der Waals surface area contributed by atoms with E-state index in [1.54, 1.807) is 4.31 Å². The van der Waals surface area contributed by atoms with Gasteiger partial charge in [-0.05, 0) is 43.4 Å². The number of sulfonamides is 1. The van der Waals surface area contributed by atoms with Gasteiger partial charge in [-0.3, -0.25) is 0 Å². The van der Waals surface area contributed by atoms with E-state index in [1.807, 2.05) is 0 Å². The molecule has 0 radical (unpaired) electrons. The molecule has 5 nitrogen and oxygen atoms in total. The van der Waals surface area contributed by atoms with E-state index in [0.29, 0.717) is 19.0 Å². The molecular formula is C15H27N3O2S. The zero-order valence-electron chi connectivity index (χ0n) is 13.1. The van der Waals surface area contributed by atoms with Gasteiger partial charge in [0.25, 0.3) is 0 Å². The van der Waals surface area contributed by atoms with Crippen LogP contribution in [0.1, 0.15) is 31.7 Å². The first kappa shape index (κ1) is 16.5. The van der Waals surface area contributed by atoms with E-state index in [2.05, 4.69) is 35.3 Å². The maximum atomic E-state index is 11.6. The van der Waals surface area contributed by atoms with Gasteiger partial charge in [-0.15, -0.1) is 0 Å². The van der Waals surface area contributed by atoms with Crippen molar-refractivity contribution in [2.75, 3.05) is 25.9 Å². The lowest BCUT2D eigenvalue weighted by Crippen LogP contribution is -2.40. The zero-order valence-corrected chi connectivity index (χ0v) is 13.9. The van der Waals surface area contributed by atoms with Crippen molar-refractivity contribution in [2.45, 2.75) is 39.3 Å². The van der Waals surface area contributed by atoms with Crippen LogP contribution < -0.4 is 5.32 Å². The van der Waals surface area contributed by atoms with Crippen molar-refractivity contribution in [1.29, 1.82) is 0 Å². The van der Waals surface area contributed by atoms with E-state index in [9.17, 15) is 8.42 Å². The molecule has 1 aromatic rings. The minimum Gasteiger partial charge on any atom is -0.354 e. The third-order valence-corrected chi connectivity index (χ3v) is 5.26. The maximum Gasteiger partial charge on any atom is 0.211 e. The lowest BCUT2D eigenvalue weighted by Gasteiger charge is -2.31. The van der Waals surface area contributed by atoms with Gasteiger partial charge in [0.15, 0.2) is 0 Å². The van der Waals surface area contributed by atoms with Gasteiger partial charge in [0, 0.05) is 38.6 Å². The highest BCUT2D eigenvalue weighted by Crippen LogP contribution is 2.20. The summed E-state index contributed by atoms with van der Waals surface area (Å²) < 4.78 is 27.1.